The zero-order valence-corrected chi connectivity index (χ0v) is 7.43. The van der Waals surface area contributed by atoms with Gasteiger partial charge in [-0.25, -0.2) is 4.98 Å². The Labute approximate surface area is 73.9 Å². The molecule has 54 valence electrons. The van der Waals surface area contributed by atoms with Crippen LogP contribution in [-0.2, 0) is 0 Å². The van der Waals surface area contributed by atoms with Gasteiger partial charge in [-0.3, -0.25) is 0 Å². The van der Waals surface area contributed by atoms with E-state index in [2.05, 4.69) is 4.98 Å². The maximum atomic E-state index is 5.70. The van der Waals surface area contributed by atoms with Gasteiger partial charge in [0, 0.05) is 0 Å². The summed E-state index contributed by atoms with van der Waals surface area (Å²) in [7, 11) is 0. The lowest BCUT2D eigenvalue weighted by Crippen LogP contribution is -1.83. The Morgan fingerprint density at radius 1 is 1.30 bits per heavy atom. The molecule has 1 aromatic heterocycles. The first-order chi connectivity index (χ1) is 4.61. The van der Waals surface area contributed by atoms with Crippen molar-refractivity contribution in [1.82, 2.24) is 4.98 Å². The van der Waals surface area contributed by atoms with Gasteiger partial charge in [0.2, 0.25) is 0 Å². The van der Waals surface area contributed by atoms with E-state index in [1.165, 1.54) is 6.07 Å². The molecule has 1 aromatic rings. The maximum Gasteiger partial charge on any atom is 0.130 e. The van der Waals surface area contributed by atoms with Gasteiger partial charge in [0.25, 0.3) is 0 Å². The second-order valence-corrected chi connectivity index (χ2v) is 3.00. The van der Waals surface area contributed by atoms with Gasteiger partial charge in [0.15, 0.2) is 0 Å². The van der Waals surface area contributed by atoms with Gasteiger partial charge in [-0.2, -0.15) is 0 Å². The quantitative estimate of drug-likeness (QED) is 0.580. The summed E-state index contributed by atoms with van der Waals surface area (Å²) >= 11 is 16.9. The predicted molar refractivity (Wildman–Crippen MR) is 44.0 cm³/mol. The minimum absolute atomic E-state index is 0.368. The van der Waals surface area contributed by atoms with Crippen molar-refractivity contribution in [2.45, 2.75) is 6.92 Å². The van der Waals surface area contributed by atoms with Crippen molar-refractivity contribution in [3.63, 3.8) is 0 Å². The average molecular weight is 196 g/mol. The second kappa shape index (κ2) is 2.95. The molecule has 0 saturated heterocycles. The fraction of sp³-hybridized carbons (Fsp3) is 0.167. The summed E-state index contributed by atoms with van der Waals surface area (Å²) in [6.07, 6.45) is 0. The second-order valence-electron chi connectivity index (χ2n) is 1.83. The Hall–Kier alpha value is 0.0200. The third kappa shape index (κ3) is 1.54. The lowest BCUT2D eigenvalue weighted by molar-refractivity contribution is 1.20. The molecule has 0 spiro atoms. The highest BCUT2D eigenvalue weighted by molar-refractivity contribution is 6.43. The van der Waals surface area contributed by atoms with E-state index < -0.39 is 0 Å². The van der Waals surface area contributed by atoms with Crippen LogP contribution in [0.4, 0.5) is 0 Å². The molecule has 1 rings (SSSR count). The van der Waals surface area contributed by atoms with E-state index in [0.29, 0.717) is 20.9 Å². The van der Waals surface area contributed by atoms with Crippen molar-refractivity contribution in [2.24, 2.45) is 0 Å². The summed E-state index contributed by atoms with van der Waals surface area (Å²) in [6.45, 7) is 1.75. The van der Waals surface area contributed by atoms with Crippen LogP contribution in [-0.4, -0.2) is 4.98 Å². The van der Waals surface area contributed by atoms with Gasteiger partial charge in [-0.1, -0.05) is 34.8 Å². The molecule has 0 fully saturated rings. The van der Waals surface area contributed by atoms with Gasteiger partial charge in [-0.05, 0) is 13.0 Å². The Morgan fingerprint density at radius 3 is 2.40 bits per heavy atom. The van der Waals surface area contributed by atoms with Crippen molar-refractivity contribution in [1.29, 1.82) is 0 Å². The van der Waals surface area contributed by atoms with E-state index in [0.717, 1.165) is 0 Å². The van der Waals surface area contributed by atoms with E-state index in [1.54, 1.807) is 6.92 Å². The summed E-state index contributed by atoms with van der Waals surface area (Å²) in [5, 5.41) is 1.28. The summed E-state index contributed by atoms with van der Waals surface area (Å²) in [6, 6.07) is 1.51. The highest BCUT2D eigenvalue weighted by Crippen LogP contribution is 2.26. The number of halogens is 3. The smallest absolute Gasteiger partial charge is 0.130 e. The molecule has 0 aliphatic carbocycles. The van der Waals surface area contributed by atoms with Crippen LogP contribution in [0.5, 0.6) is 0 Å². The third-order valence-electron chi connectivity index (χ3n) is 1.05. The molecule has 0 N–H and O–H groups in total. The average Bonchev–Trinajstić information content (AvgIpc) is 1.82. The zero-order valence-electron chi connectivity index (χ0n) is 5.16. The monoisotopic (exact) mass is 195 g/mol. The van der Waals surface area contributed by atoms with E-state index in [9.17, 15) is 0 Å². The summed E-state index contributed by atoms with van der Waals surface area (Å²) in [5.41, 5.74) is 0.652. The zero-order chi connectivity index (χ0) is 7.72. The van der Waals surface area contributed by atoms with Gasteiger partial charge in [0.05, 0.1) is 15.7 Å². The number of aromatic nitrogens is 1. The number of hydrogen-bond donors (Lipinski definition) is 0. The first-order valence-electron chi connectivity index (χ1n) is 2.59. The van der Waals surface area contributed by atoms with Crippen molar-refractivity contribution >= 4 is 34.8 Å². The third-order valence-corrected chi connectivity index (χ3v) is 2.11. The highest BCUT2D eigenvalue weighted by atomic mass is 35.5. The van der Waals surface area contributed by atoms with Gasteiger partial charge < -0.3 is 0 Å². The molecule has 0 radical (unpaired) electrons. The Bertz CT molecular complexity index is 236. The van der Waals surface area contributed by atoms with Crippen LogP contribution in [0, 0.1) is 6.92 Å². The van der Waals surface area contributed by atoms with Gasteiger partial charge in [-0.15, -0.1) is 0 Å². The number of rotatable bonds is 0. The molecule has 0 bridgehead atoms. The summed E-state index contributed by atoms with van der Waals surface area (Å²) in [4.78, 5) is 3.88. The Balaban J connectivity index is 3.31. The van der Waals surface area contributed by atoms with Gasteiger partial charge in [0.1, 0.15) is 5.15 Å². The number of hydrogen-bond acceptors (Lipinski definition) is 1. The molecular weight excluding hydrogens is 192 g/mol. The first kappa shape index (κ1) is 8.12. The van der Waals surface area contributed by atoms with Crippen LogP contribution in [0.3, 0.4) is 0 Å². The first-order valence-corrected chi connectivity index (χ1v) is 3.73. The van der Waals surface area contributed by atoms with E-state index in [1.807, 2.05) is 0 Å². The van der Waals surface area contributed by atoms with Crippen molar-refractivity contribution in [3.8, 4) is 0 Å². The van der Waals surface area contributed by atoms with E-state index in [-0.39, 0.29) is 0 Å². The normalized spacial score (nSPS) is 10.0. The number of pyridine rings is 1. The summed E-state index contributed by atoms with van der Waals surface area (Å²) in [5.74, 6) is 0. The minimum Gasteiger partial charge on any atom is -0.240 e. The largest absolute Gasteiger partial charge is 0.240 e. The fourth-order valence-electron chi connectivity index (χ4n) is 0.582. The molecular formula is C6H4Cl3N. The fourth-order valence-corrected chi connectivity index (χ4v) is 1.21. The SMILES string of the molecule is Cc1nc(Cl)cc(Cl)c1Cl. The predicted octanol–water partition coefficient (Wildman–Crippen LogP) is 3.35. The molecule has 0 amide bonds. The highest BCUT2D eigenvalue weighted by Gasteiger charge is 2.02. The van der Waals surface area contributed by atoms with Crippen LogP contribution in [0.2, 0.25) is 15.2 Å². The van der Waals surface area contributed by atoms with Gasteiger partial charge >= 0.3 is 0 Å². The molecule has 0 aliphatic rings. The van der Waals surface area contributed by atoms with Crippen LogP contribution < -0.4 is 0 Å². The molecule has 0 unspecified atom stereocenters. The van der Waals surface area contributed by atoms with E-state index in [4.69, 9.17) is 34.8 Å². The molecule has 0 aromatic carbocycles. The molecule has 4 heteroatoms. The standard InChI is InChI=1S/C6H4Cl3N/c1-3-6(9)4(7)2-5(8)10-3/h2H,1H3. The van der Waals surface area contributed by atoms with Crippen LogP contribution in [0.25, 0.3) is 0 Å². The minimum atomic E-state index is 0.368. The van der Waals surface area contributed by atoms with Crippen LogP contribution in [0.15, 0.2) is 6.07 Å². The molecule has 1 heterocycles. The summed E-state index contributed by atoms with van der Waals surface area (Å²) < 4.78 is 0. The van der Waals surface area contributed by atoms with Crippen LogP contribution in [0.1, 0.15) is 5.69 Å². The van der Waals surface area contributed by atoms with Crippen molar-refractivity contribution in [3.05, 3.63) is 27.0 Å². The molecule has 10 heavy (non-hydrogen) atoms. The van der Waals surface area contributed by atoms with Crippen molar-refractivity contribution < 1.29 is 0 Å². The molecule has 1 nitrogen and oxygen atoms in total. The Kier molecular flexibility index (Phi) is 2.40. The lowest BCUT2D eigenvalue weighted by Gasteiger charge is -1.98. The van der Waals surface area contributed by atoms with E-state index >= 15 is 0 Å². The van der Waals surface area contributed by atoms with Crippen molar-refractivity contribution in [2.75, 3.05) is 0 Å². The molecule has 0 aliphatic heterocycles. The maximum absolute atomic E-state index is 5.70. The number of nitrogens with zero attached hydrogens (tertiary/aromatic N) is 1. The molecule has 0 atom stereocenters. The lowest BCUT2D eigenvalue weighted by atomic mass is 10.4. The van der Waals surface area contributed by atoms with Crippen LogP contribution >= 0.6 is 34.8 Å². The molecule has 0 saturated carbocycles. The topological polar surface area (TPSA) is 12.9 Å². The number of aryl methyl sites for hydroxylation is 1. The Morgan fingerprint density at radius 2 is 1.90 bits per heavy atom.